The van der Waals surface area contributed by atoms with E-state index in [4.69, 9.17) is 11.3 Å². The molecule has 10 nitrogen and oxygen atoms in total. The zero-order chi connectivity index (χ0) is 21.5. The summed E-state index contributed by atoms with van der Waals surface area (Å²) in [6, 6.07) is 4.69. The number of ether oxygens (including phenoxy) is 1. The van der Waals surface area contributed by atoms with E-state index >= 15 is 0 Å². The molecule has 1 aliphatic carbocycles. The van der Waals surface area contributed by atoms with E-state index in [1.807, 2.05) is 0 Å². The first-order chi connectivity index (χ1) is 14.4. The average Bonchev–Trinajstić information content (AvgIpc) is 3.41. The third-order valence-corrected chi connectivity index (χ3v) is 5.83. The van der Waals surface area contributed by atoms with Crippen LogP contribution in [-0.2, 0) is 26.3 Å². The summed E-state index contributed by atoms with van der Waals surface area (Å²) in [7, 11) is 1.51. The number of nitrogens with one attached hydrogen (secondary N) is 2. The molecule has 0 aromatic heterocycles. The van der Waals surface area contributed by atoms with Crippen LogP contribution in [0.15, 0.2) is 18.2 Å². The molecule has 5 amide bonds. The summed E-state index contributed by atoms with van der Waals surface area (Å²) in [5.41, 5.74) is 0.486. The molecule has 0 saturated carbocycles. The van der Waals surface area contributed by atoms with Gasteiger partial charge in [0.05, 0.1) is 0 Å². The largest absolute Gasteiger partial charge is 0.427 e. The van der Waals surface area contributed by atoms with Crippen LogP contribution in [0.1, 0.15) is 30.4 Å². The molecule has 156 valence electrons. The van der Waals surface area contributed by atoms with Gasteiger partial charge in [0.2, 0.25) is 11.5 Å². The van der Waals surface area contributed by atoms with Crippen LogP contribution in [0.25, 0.3) is 4.85 Å². The Morgan fingerprint density at radius 3 is 2.90 bits per heavy atom. The van der Waals surface area contributed by atoms with Gasteiger partial charge in [0.1, 0.15) is 6.54 Å². The normalized spacial score (nSPS) is 24.6. The topological polar surface area (TPSA) is 112 Å². The quantitative estimate of drug-likeness (QED) is 0.731. The minimum absolute atomic E-state index is 0.273. The lowest BCUT2D eigenvalue weighted by Gasteiger charge is -2.21. The van der Waals surface area contributed by atoms with Crippen molar-refractivity contribution in [2.75, 3.05) is 25.5 Å². The fraction of sp³-hybridized carbons (Fsp3) is 0.450. The van der Waals surface area contributed by atoms with Crippen LogP contribution in [-0.4, -0.2) is 60.0 Å². The molecule has 10 heteroatoms. The number of urea groups is 1. The van der Waals surface area contributed by atoms with Crippen LogP contribution in [0, 0.1) is 6.57 Å². The summed E-state index contributed by atoms with van der Waals surface area (Å²) in [4.78, 5) is 55.5. The monoisotopic (exact) mass is 411 g/mol. The number of likely N-dealkylation sites (tertiary alicyclic amines) is 1. The molecule has 1 unspecified atom stereocenters. The number of fused-ring (bicyclic) bond motifs is 2. The lowest BCUT2D eigenvalue weighted by molar-refractivity contribution is -0.142. The van der Waals surface area contributed by atoms with Gasteiger partial charge in [-0.25, -0.2) is 21.1 Å². The molecule has 2 heterocycles. The van der Waals surface area contributed by atoms with E-state index in [1.165, 1.54) is 11.9 Å². The van der Waals surface area contributed by atoms with Crippen molar-refractivity contribution in [3.63, 3.8) is 0 Å². The molecular formula is C20H21N5O5. The van der Waals surface area contributed by atoms with E-state index in [9.17, 15) is 19.2 Å². The van der Waals surface area contributed by atoms with Gasteiger partial charge in [-0.15, -0.1) is 0 Å². The van der Waals surface area contributed by atoms with E-state index in [1.54, 1.807) is 18.2 Å². The zero-order valence-electron chi connectivity index (χ0n) is 16.4. The van der Waals surface area contributed by atoms with Crippen molar-refractivity contribution in [2.45, 2.75) is 37.5 Å². The van der Waals surface area contributed by atoms with Crippen molar-refractivity contribution in [3.05, 3.63) is 40.7 Å². The van der Waals surface area contributed by atoms with Gasteiger partial charge in [0.15, 0.2) is 0 Å². The summed E-state index contributed by atoms with van der Waals surface area (Å²) in [6.45, 7) is 7.21. The minimum Gasteiger partial charge on any atom is -0.427 e. The number of hydrogen-bond acceptors (Lipinski definition) is 5. The van der Waals surface area contributed by atoms with Gasteiger partial charge in [-0.1, -0.05) is 6.07 Å². The second-order valence-corrected chi connectivity index (χ2v) is 7.50. The van der Waals surface area contributed by atoms with Crippen LogP contribution in [0.3, 0.4) is 0 Å². The Hall–Kier alpha value is -3.61. The maximum absolute atomic E-state index is 13.2. The van der Waals surface area contributed by atoms with Crippen molar-refractivity contribution in [1.82, 2.24) is 15.1 Å². The minimum atomic E-state index is -1.44. The van der Waals surface area contributed by atoms with Crippen LogP contribution in [0.2, 0.25) is 0 Å². The molecule has 1 aromatic carbocycles. The first-order valence-corrected chi connectivity index (χ1v) is 9.72. The standard InChI is InChI=1S/C20H21N5O5/c1-21-15-4-3-9-24(15)16(26)11-25-17(27)20(30-19(25)29)8-7-12-10-13(5-6-14(12)20)23-18(28)22-2/h5-6,10,15H,3-4,7-9,11H2,2H3,(H2,22,23,28)/t15-,20?/m1/s1. The zero-order valence-corrected chi connectivity index (χ0v) is 16.4. The van der Waals surface area contributed by atoms with Crippen molar-refractivity contribution < 1.29 is 23.9 Å². The molecule has 0 radical (unpaired) electrons. The van der Waals surface area contributed by atoms with Gasteiger partial charge in [-0.2, -0.15) is 0 Å². The number of imide groups is 1. The summed E-state index contributed by atoms with van der Waals surface area (Å²) in [5.74, 6) is -0.996. The van der Waals surface area contributed by atoms with Crippen LogP contribution in [0.5, 0.6) is 0 Å². The lowest BCUT2D eigenvalue weighted by atomic mass is 9.94. The first kappa shape index (κ1) is 19.7. The number of nitrogens with zero attached hydrogens (tertiary/aromatic N) is 3. The number of rotatable bonds is 3. The SMILES string of the molecule is [C-]#[N+][C@H]1CCCN1C(=O)CN1C(=O)OC2(CCc3cc(NC(=O)NC)ccc32)C1=O. The van der Waals surface area contributed by atoms with Crippen LogP contribution < -0.4 is 10.6 Å². The fourth-order valence-corrected chi connectivity index (χ4v) is 4.32. The predicted octanol–water partition coefficient (Wildman–Crippen LogP) is 1.43. The second-order valence-electron chi connectivity index (χ2n) is 7.50. The van der Waals surface area contributed by atoms with Crippen molar-refractivity contribution in [1.29, 1.82) is 0 Å². The smallest absolute Gasteiger partial charge is 0.418 e. The highest BCUT2D eigenvalue weighted by Crippen LogP contribution is 2.46. The average molecular weight is 411 g/mol. The van der Waals surface area contributed by atoms with Gasteiger partial charge >= 0.3 is 18.3 Å². The number of amides is 5. The van der Waals surface area contributed by atoms with Gasteiger partial charge < -0.3 is 15.4 Å². The highest BCUT2D eigenvalue weighted by atomic mass is 16.6. The summed E-state index contributed by atoms with van der Waals surface area (Å²) < 4.78 is 5.53. The summed E-state index contributed by atoms with van der Waals surface area (Å²) in [5, 5.41) is 5.13. The fourth-order valence-electron chi connectivity index (χ4n) is 4.32. The van der Waals surface area contributed by atoms with Crippen LogP contribution in [0.4, 0.5) is 15.3 Å². The predicted molar refractivity (Wildman–Crippen MR) is 104 cm³/mol. The number of aryl methyl sites for hydroxylation is 1. The third kappa shape index (κ3) is 3.03. The highest BCUT2D eigenvalue weighted by molar-refractivity contribution is 6.06. The van der Waals surface area contributed by atoms with E-state index in [-0.39, 0.29) is 12.5 Å². The number of anilines is 1. The molecule has 2 aliphatic heterocycles. The first-order valence-electron chi connectivity index (χ1n) is 9.72. The van der Waals surface area contributed by atoms with Gasteiger partial charge in [0.25, 0.3) is 5.91 Å². The van der Waals surface area contributed by atoms with E-state index in [0.717, 1.165) is 16.9 Å². The lowest BCUT2D eigenvalue weighted by Crippen LogP contribution is -2.45. The van der Waals surface area contributed by atoms with E-state index < -0.39 is 36.2 Å². The van der Waals surface area contributed by atoms with Crippen LogP contribution >= 0.6 is 0 Å². The van der Waals surface area contributed by atoms with Gasteiger partial charge in [0, 0.05) is 37.7 Å². The molecule has 4 rings (SSSR count). The van der Waals surface area contributed by atoms with Crippen molar-refractivity contribution in [3.8, 4) is 0 Å². The van der Waals surface area contributed by atoms with E-state index in [2.05, 4.69) is 15.5 Å². The maximum atomic E-state index is 13.2. The van der Waals surface area contributed by atoms with Gasteiger partial charge in [-0.3, -0.25) is 19.3 Å². The molecule has 1 spiro atoms. The number of carbonyl (C=O) groups is 4. The summed E-state index contributed by atoms with van der Waals surface area (Å²) >= 11 is 0. The maximum Gasteiger partial charge on any atom is 0.418 e. The third-order valence-electron chi connectivity index (χ3n) is 5.83. The number of benzene rings is 1. The molecule has 30 heavy (non-hydrogen) atoms. The highest BCUT2D eigenvalue weighted by Gasteiger charge is 2.58. The number of hydrogen-bond donors (Lipinski definition) is 2. The molecule has 3 aliphatic rings. The molecule has 2 saturated heterocycles. The second kappa shape index (κ2) is 7.33. The van der Waals surface area contributed by atoms with Crippen molar-refractivity contribution in [2.24, 2.45) is 0 Å². The Labute approximate surface area is 173 Å². The molecular weight excluding hydrogens is 390 g/mol. The Morgan fingerprint density at radius 2 is 2.17 bits per heavy atom. The van der Waals surface area contributed by atoms with Crippen molar-refractivity contribution >= 4 is 29.6 Å². The Bertz CT molecular complexity index is 986. The molecule has 2 fully saturated rings. The Morgan fingerprint density at radius 1 is 1.37 bits per heavy atom. The molecule has 0 bridgehead atoms. The van der Waals surface area contributed by atoms with Gasteiger partial charge in [-0.05, 0) is 30.5 Å². The number of carbonyl (C=O) groups excluding carboxylic acids is 4. The molecule has 2 atom stereocenters. The molecule has 1 aromatic rings. The Balaban J connectivity index is 1.54. The molecule has 2 N–H and O–H groups in total. The van der Waals surface area contributed by atoms with E-state index in [0.29, 0.717) is 30.6 Å². The Kier molecular flexibility index (Phi) is 4.81. The summed E-state index contributed by atoms with van der Waals surface area (Å²) in [6.07, 6.45) is 0.685.